The Kier molecular flexibility index (Phi) is 3.90. The molecule has 0 saturated heterocycles. The Bertz CT molecular complexity index is 444. The predicted octanol–water partition coefficient (Wildman–Crippen LogP) is 3.39. The van der Waals surface area contributed by atoms with Gasteiger partial charge < -0.3 is 10.4 Å². The third kappa shape index (κ3) is 2.66. The zero-order valence-corrected chi connectivity index (χ0v) is 11.9. The monoisotopic (exact) mass is 268 g/mol. The van der Waals surface area contributed by atoms with Crippen LogP contribution in [0.25, 0.3) is 0 Å². The quantitative estimate of drug-likeness (QED) is 0.882. The second kappa shape index (κ2) is 5.26. The summed E-state index contributed by atoms with van der Waals surface area (Å²) in [5.74, 6) is 0.471. The van der Waals surface area contributed by atoms with Crippen molar-refractivity contribution in [3.8, 4) is 0 Å². The maximum absolute atomic E-state index is 11.2. The minimum atomic E-state index is -0.888. The second-order valence-electron chi connectivity index (χ2n) is 5.42. The highest BCUT2D eigenvalue weighted by molar-refractivity contribution is 7.10. The van der Waals surface area contributed by atoms with Crippen molar-refractivity contribution >= 4 is 22.5 Å². The van der Waals surface area contributed by atoms with Gasteiger partial charge in [0, 0.05) is 6.04 Å². The zero-order chi connectivity index (χ0) is 13.3. The Labute approximate surface area is 112 Å². The molecule has 3 atom stereocenters. The second-order valence-corrected chi connectivity index (χ2v) is 6.20. The molecule has 1 aromatic rings. The first-order valence-corrected chi connectivity index (χ1v) is 7.22. The summed E-state index contributed by atoms with van der Waals surface area (Å²) in [6.45, 7) is 6.27. The van der Waals surface area contributed by atoms with Crippen LogP contribution in [0.4, 0.5) is 5.00 Å². The number of carboxylic acids is 1. The van der Waals surface area contributed by atoms with E-state index in [9.17, 15) is 9.90 Å². The molecule has 1 aliphatic rings. The topological polar surface area (TPSA) is 62.2 Å². The van der Waals surface area contributed by atoms with Crippen molar-refractivity contribution in [1.82, 2.24) is 4.37 Å². The van der Waals surface area contributed by atoms with E-state index in [1.807, 2.05) is 0 Å². The molecule has 1 aliphatic carbocycles. The first-order chi connectivity index (χ1) is 8.49. The number of rotatable bonds is 3. The van der Waals surface area contributed by atoms with Crippen molar-refractivity contribution in [2.75, 3.05) is 5.32 Å². The third-order valence-corrected chi connectivity index (χ3v) is 4.69. The molecule has 1 heterocycles. The highest BCUT2D eigenvalue weighted by Crippen LogP contribution is 2.33. The summed E-state index contributed by atoms with van der Waals surface area (Å²) in [6.07, 6.45) is 3.53. The molecule has 5 heteroatoms. The Morgan fingerprint density at radius 1 is 1.44 bits per heavy atom. The van der Waals surface area contributed by atoms with E-state index in [4.69, 9.17) is 0 Å². The number of hydrogen-bond acceptors (Lipinski definition) is 4. The Hall–Kier alpha value is -1.10. The average molecular weight is 268 g/mol. The Balaban J connectivity index is 2.12. The Morgan fingerprint density at radius 2 is 2.17 bits per heavy atom. The van der Waals surface area contributed by atoms with Crippen LogP contribution in [0.3, 0.4) is 0 Å². The van der Waals surface area contributed by atoms with Crippen molar-refractivity contribution < 1.29 is 9.90 Å². The van der Waals surface area contributed by atoms with Gasteiger partial charge in [-0.2, -0.15) is 4.37 Å². The molecule has 2 N–H and O–H groups in total. The first kappa shape index (κ1) is 13.3. The molecule has 2 rings (SSSR count). The van der Waals surface area contributed by atoms with Crippen LogP contribution in [0.15, 0.2) is 0 Å². The number of carbonyl (C=O) groups is 1. The fourth-order valence-electron chi connectivity index (χ4n) is 2.77. The van der Waals surface area contributed by atoms with Crippen LogP contribution in [0.1, 0.15) is 49.2 Å². The molecule has 0 spiro atoms. The fourth-order valence-corrected chi connectivity index (χ4v) is 3.62. The van der Waals surface area contributed by atoms with Gasteiger partial charge in [-0.25, -0.2) is 4.79 Å². The standard InChI is InChI=1S/C13H20N2O2S/c1-7-4-5-10(8(2)6-7)14-12-11(13(16)17)9(3)15-18-12/h7-8,10,14H,4-6H2,1-3H3,(H,16,17). The molecule has 1 fully saturated rings. The van der Waals surface area contributed by atoms with E-state index < -0.39 is 5.97 Å². The lowest BCUT2D eigenvalue weighted by molar-refractivity contribution is 0.0697. The summed E-state index contributed by atoms with van der Waals surface area (Å²) in [6, 6.07) is 0.374. The molecule has 0 aromatic carbocycles. The van der Waals surface area contributed by atoms with E-state index in [-0.39, 0.29) is 0 Å². The summed E-state index contributed by atoms with van der Waals surface area (Å²) in [5, 5.41) is 13.3. The molecule has 4 nitrogen and oxygen atoms in total. The summed E-state index contributed by atoms with van der Waals surface area (Å²) in [4.78, 5) is 11.2. The van der Waals surface area contributed by atoms with Crippen molar-refractivity contribution in [1.29, 1.82) is 0 Å². The lowest BCUT2D eigenvalue weighted by Crippen LogP contribution is -2.33. The maximum atomic E-state index is 11.2. The smallest absolute Gasteiger partial charge is 0.340 e. The van der Waals surface area contributed by atoms with Gasteiger partial charge in [-0.3, -0.25) is 0 Å². The molecule has 0 bridgehead atoms. The van der Waals surface area contributed by atoms with Crippen LogP contribution < -0.4 is 5.32 Å². The van der Waals surface area contributed by atoms with Crippen LogP contribution in [0, 0.1) is 18.8 Å². The van der Waals surface area contributed by atoms with Crippen molar-refractivity contribution in [3.63, 3.8) is 0 Å². The normalized spacial score (nSPS) is 28.1. The van der Waals surface area contributed by atoms with Gasteiger partial charge in [0.05, 0.1) is 5.69 Å². The zero-order valence-electron chi connectivity index (χ0n) is 11.1. The lowest BCUT2D eigenvalue weighted by atomic mass is 9.80. The molecular weight excluding hydrogens is 248 g/mol. The van der Waals surface area contributed by atoms with E-state index in [0.717, 1.165) is 12.3 Å². The highest BCUT2D eigenvalue weighted by atomic mass is 32.1. The number of nitrogens with zero attached hydrogens (tertiary/aromatic N) is 1. The number of aromatic nitrogens is 1. The van der Waals surface area contributed by atoms with Crippen LogP contribution in [-0.2, 0) is 0 Å². The van der Waals surface area contributed by atoms with Gasteiger partial charge in [-0.1, -0.05) is 13.8 Å². The van der Waals surface area contributed by atoms with Gasteiger partial charge in [0.15, 0.2) is 0 Å². The van der Waals surface area contributed by atoms with E-state index in [1.165, 1.54) is 24.4 Å². The van der Waals surface area contributed by atoms with Gasteiger partial charge in [0.2, 0.25) is 0 Å². The Morgan fingerprint density at radius 3 is 2.78 bits per heavy atom. The molecule has 1 saturated carbocycles. The van der Waals surface area contributed by atoms with E-state index >= 15 is 0 Å². The number of aromatic carboxylic acids is 1. The average Bonchev–Trinajstić information content (AvgIpc) is 2.64. The van der Waals surface area contributed by atoms with Crippen molar-refractivity contribution in [3.05, 3.63) is 11.3 Å². The van der Waals surface area contributed by atoms with E-state index in [1.54, 1.807) is 6.92 Å². The van der Waals surface area contributed by atoms with Crippen molar-refractivity contribution in [2.24, 2.45) is 11.8 Å². The molecule has 18 heavy (non-hydrogen) atoms. The molecule has 1 aromatic heterocycles. The summed E-state index contributed by atoms with van der Waals surface area (Å²) >= 11 is 1.26. The number of anilines is 1. The molecule has 3 unspecified atom stereocenters. The van der Waals surface area contributed by atoms with Crippen LogP contribution in [0.2, 0.25) is 0 Å². The predicted molar refractivity (Wildman–Crippen MR) is 73.4 cm³/mol. The molecule has 0 radical (unpaired) electrons. The number of nitrogens with one attached hydrogen (secondary N) is 1. The summed E-state index contributed by atoms with van der Waals surface area (Å²) < 4.78 is 4.14. The van der Waals surface area contributed by atoms with E-state index in [2.05, 4.69) is 23.5 Å². The van der Waals surface area contributed by atoms with Gasteiger partial charge in [-0.05, 0) is 49.6 Å². The molecular formula is C13H20N2O2S. The summed E-state index contributed by atoms with van der Waals surface area (Å²) in [5.41, 5.74) is 0.942. The van der Waals surface area contributed by atoms with Gasteiger partial charge in [-0.15, -0.1) is 0 Å². The number of aryl methyl sites for hydroxylation is 1. The van der Waals surface area contributed by atoms with Crippen molar-refractivity contribution in [2.45, 2.75) is 46.1 Å². The van der Waals surface area contributed by atoms with E-state index in [0.29, 0.717) is 28.2 Å². The SMILES string of the molecule is Cc1nsc(NC2CCC(C)CC2C)c1C(=O)O. The summed E-state index contributed by atoms with van der Waals surface area (Å²) in [7, 11) is 0. The van der Waals surface area contributed by atoms with Gasteiger partial charge >= 0.3 is 5.97 Å². The first-order valence-electron chi connectivity index (χ1n) is 6.45. The molecule has 100 valence electrons. The minimum absolute atomic E-state index is 0.339. The lowest BCUT2D eigenvalue weighted by Gasteiger charge is -2.33. The largest absolute Gasteiger partial charge is 0.478 e. The van der Waals surface area contributed by atoms with Gasteiger partial charge in [0.1, 0.15) is 10.6 Å². The maximum Gasteiger partial charge on any atom is 0.340 e. The number of carboxylic acid groups (broad SMARTS) is 1. The number of hydrogen-bond donors (Lipinski definition) is 2. The molecule has 0 aliphatic heterocycles. The van der Waals surface area contributed by atoms with Crippen LogP contribution >= 0.6 is 11.5 Å². The van der Waals surface area contributed by atoms with Gasteiger partial charge in [0.25, 0.3) is 0 Å². The minimum Gasteiger partial charge on any atom is -0.478 e. The van der Waals surface area contributed by atoms with Crippen LogP contribution in [0.5, 0.6) is 0 Å². The van der Waals surface area contributed by atoms with Crippen LogP contribution in [-0.4, -0.2) is 21.5 Å². The fraction of sp³-hybridized carbons (Fsp3) is 0.692. The highest BCUT2D eigenvalue weighted by Gasteiger charge is 2.27. The molecule has 0 amide bonds. The third-order valence-electron chi connectivity index (χ3n) is 3.82.